The summed E-state index contributed by atoms with van der Waals surface area (Å²) >= 11 is 7.37. The quantitative estimate of drug-likeness (QED) is 0.478. The molecule has 16 heavy (non-hydrogen) atoms. The highest BCUT2D eigenvalue weighted by molar-refractivity contribution is 14.1. The number of aliphatic hydroxyl groups excluding tert-OH is 1. The van der Waals surface area contributed by atoms with Crippen molar-refractivity contribution in [2.45, 2.75) is 8.32 Å². The number of hydrogen-bond donors (Lipinski definition) is 2. The largest absolute Gasteiger partial charge is 0.399 e. The van der Waals surface area contributed by atoms with E-state index in [1.54, 1.807) is 24.3 Å². The summed E-state index contributed by atoms with van der Waals surface area (Å²) in [6, 6.07) is 6.23. The fraction of sp³-hybridized carbons (Fsp3) is 0.333. The number of alkyl halides is 2. The average molecular weight is 376 g/mol. The van der Waals surface area contributed by atoms with Gasteiger partial charge in [-0.3, -0.25) is 0 Å². The summed E-state index contributed by atoms with van der Waals surface area (Å²) in [5, 5.41) is 9.92. The van der Waals surface area contributed by atoms with Crippen molar-refractivity contribution >= 4 is 49.7 Å². The van der Waals surface area contributed by atoms with Gasteiger partial charge in [0.2, 0.25) is 2.21 Å². The highest BCUT2D eigenvalue weighted by atomic mass is 127. The zero-order chi connectivity index (χ0) is 12.6. The van der Waals surface area contributed by atoms with Gasteiger partial charge in [0.05, 0.1) is 0 Å². The first-order valence-electron chi connectivity index (χ1n) is 4.27. The molecule has 0 heterocycles. The Morgan fingerprint density at radius 3 is 2.25 bits per heavy atom. The first kappa shape index (κ1) is 14.0. The summed E-state index contributed by atoms with van der Waals surface area (Å²) in [6.45, 7) is 0. The van der Waals surface area contributed by atoms with Gasteiger partial charge in [-0.15, -0.1) is 0 Å². The van der Waals surface area contributed by atoms with Crippen molar-refractivity contribution in [2.75, 3.05) is 12.0 Å². The zero-order valence-corrected chi connectivity index (χ0v) is 12.1. The zero-order valence-electron chi connectivity index (χ0n) is 8.39. The van der Waals surface area contributed by atoms with Gasteiger partial charge in [0.15, 0.2) is 9.84 Å². The first-order valence-corrected chi connectivity index (χ1v) is 7.62. The van der Waals surface area contributed by atoms with Gasteiger partial charge >= 0.3 is 0 Å². The van der Waals surface area contributed by atoms with E-state index in [1.165, 1.54) is 22.6 Å². The predicted molar refractivity (Wildman–Crippen MR) is 73.3 cm³/mol. The van der Waals surface area contributed by atoms with Crippen molar-refractivity contribution in [1.82, 2.24) is 0 Å². The van der Waals surface area contributed by atoms with E-state index in [-0.39, 0.29) is 0 Å². The van der Waals surface area contributed by atoms with Crippen LogP contribution < -0.4 is 5.73 Å². The minimum atomic E-state index is -3.59. The number of halogens is 2. The molecular weight excluding hydrogens is 365 g/mol. The van der Waals surface area contributed by atoms with E-state index >= 15 is 0 Å². The molecule has 0 aromatic heterocycles. The van der Waals surface area contributed by atoms with Crippen LogP contribution in [0.2, 0.25) is 0 Å². The molecule has 1 rings (SSSR count). The Balaban J connectivity index is 3.12. The Morgan fingerprint density at radius 1 is 1.44 bits per heavy atom. The van der Waals surface area contributed by atoms with E-state index in [0.717, 1.165) is 6.26 Å². The van der Waals surface area contributed by atoms with Crippen LogP contribution >= 0.6 is 34.2 Å². The average Bonchev–Trinajstić information content (AvgIpc) is 2.16. The fourth-order valence-corrected chi connectivity index (χ4v) is 2.10. The molecule has 1 aromatic carbocycles. The third kappa shape index (κ3) is 2.79. The molecule has 0 aliphatic rings. The first-order chi connectivity index (χ1) is 7.16. The fourth-order valence-electron chi connectivity index (χ4n) is 1.08. The number of aliphatic hydroxyl groups is 1. The number of benzene rings is 1. The molecule has 0 radical (unpaired) electrons. The van der Waals surface area contributed by atoms with Crippen molar-refractivity contribution < 1.29 is 13.5 Å². The van der Waals surface area contributed by atoms with Gasteiger partial charge < -0.3 is 10.8 Å². The van der Waals surface area contributed by atoms with Crippen LogP contribution in [0, 0.1) is 0 Å². The number of anilines is 1. The molecule has 0 saturated heterocycles. The SMILES string of the molecule is CS(=O)(=O)C(Cl)(I)C(O)c1ccc(N)cc1. The van der Waals surface area contributed by atoms with Gasteiger partial charge in [-0.25, -0.2) is 8.42 Å². The third-order valence-electron chi connectivity index (χ3n) is 2.06. The van der Waals surface area contributed by atoms with Gasteiger partial charge in [0.1, 0.15) is 6.10 Å². The lowest BCUT2D eigenvalue weighted by Crippen LogP contribution is -2.31. The van der Waals surface area contributed by atoms with Crippen molar-refractivity contribution in [2.24, 2.45) is 0 Å². The highest BCUT2D eigenvalue weighted by Gasteiger charge is 2.43. The lowest BCUT2D eigenvalue weighted by atomic mass is 10.1. The number of sulfone groups is 1. The van der Waals surface area contributed by atoms with Crippen LogP contribution in [0.15, 0.2) is 24.3 Å². The second-order valence-corrected chi connectivity index (χ2v) is 9.48. The summed E-state index contributed by atoms with van der Waals surface area (Å²) < 4.78 is 21.0. The standard InChI is InChI=1S/C9H11ClINO3S/c1-16(14,15)9(10,11)8(13)6-2-4-7(12)5-3-6/h2-5,8,13H,12H2,1H3. The lowest BCUT2D eigenvalue weighted by Gasteiger charge is -2.24. The summed E-state index contributed by atoms with van der Waals surface area (Å²) in [5.41, 5.74) is 6.42. The van der Waals surface area contributed by atoms with Crippen molar-refractivity contribution in [3.05, 3.63) is 29.8 Å². The molecule has 2 unspecified atom stereocenters. The van der Waals surface area contributed by atoms with E-state index in [0.29, 0.717) is 11.3 Å². The second kappa shape index (κ2) is 4.67. The predicted octanol–water partition coefficient (Wildman–Crippen LogP) is 1.67. The van der Waals surface area contributed by atoms with Gasteiger partial charge in [-0.2, -0.15) is 0 Å². The molecule has 3 N–H and O–H groups in total. The van der Waals surface area contributed by atoms with Crippen LogP contribution in [0.25, 0.3) is 0 Å². The maximum absolute atomic E-state index is 11.4. The molecule has 4 nitrogen and oxygen atoms in total. The van der Waals surface area contributed by atoms with E-state index < -0.39 is 18.2 Å². The molecule has 90 valence electrons. The molecule has 2 atom stereocenters. The highest BCUT2D eigenvalue weighted by Crippen LogP contribution is 2.42. The molecule has 0 saturated carbocycles. The number of rotatable bonds is 3. The van der Waals surface area contributed by atoms with E-state index in [9.17, 15) is 13.5 Å². The minimum Gasteiger partial charge on any atom is -0.399 e. The van der Waals surface area contributed by atoms with Crippen LogP contribution in [-0.4, -0.2) is 22.0 Å². The van der Waals surface area contributed by atoms with E-state index in [4.69, 9.17) is 17.3 Å². The smallest absolute Gasteiger partial charge is 0.224 e. The van der Waals surface area contributed by atoms with E-state index in [1.807, 2.05) is 0 Å². The van der Waals surface area contributed by atoms with E-state index in [2.05, 4.69) is 0 Å². The molecule has 0 fully saturated rings. The number of nitrogens with two attached hydrogens (primary N) is 1. The summed E-state index contributed by atoms with van der Waals surface area (Å²) in [4.78, 5) is 0. The Labute approximate surface area is 113 Å². The normalized spacial score (nSPS) is 17.8. The number of nitrogen functional groups attached to an aromatic ring is 1. The Kier molecular flexibility index (Phi) is 4.09. The van der Waals surface area contributed by atoms with Gasteiger partial charge in [-0.1, -0.05) is 23.7 Å². The Bertz CT molecular complexity index is 472. The molecule has 0 bridgehead atoms. The number of hydrogen-bond acceptors (Lipinski definition) is 4. The van der Waals surface area contributed by atoms with Crippen LogP contribution in [-0.2, 0) is 9.84 Å². The van der Waals surface area contributed by atoms with Gasteiger partial charge in [-0.05, 0) is 40.3 Å². The van der Waals surface area contributed by atoms with Crippen molar-refractivity contribution in [3.63, 3.8) is 0 Å². The minimum absolute atomic E-state index is 0.407. The second-order valence-electron chi connectivity index (χ2n) is 3.40. The lowest BCUT2D eigenvalue weighted by molar-refractivity contribution is 0.188. The van der Waals surface area contributed by atoms with Crippen molar-refractivity contribution in [3.8, 4) is 0 Å². The van der Waals surface area contributed by atoms with Crippen LogP contribution in [0.3, 0.4) is 0 Å². The summed E-state index contributed by atoms with van der Waals surface area (Å²) in [5.74, 6) is 0. The van der Waals surface area contributed by atoms with Crippen molar-refractivity contribution in [1.29, 1.82) is 0 Å². The maximum atomic E-state index is 11.4. The van der Waals surface area contributed by atoms with Crippen LogP contribution in [0.1, 0.15) is 11.7 Å². The molecular formula is C9H11ClINO3S. The topological polar surface area (TPSA) is 80.4 Å². The Morgan fingerprint density at radius 2 is 1.88 bits per heavy atom. The summed E-state index contributed by atoms with van der Waals surface area (Å²) in [7, 11) is -3.59. The third-order valence-corrected chi connectivity index (χ3v) is 7.31. The monoisotopic (exact) mass is 375 g/mol. The molecule has 0 aliphatic carbocycles. The molecule has 7 heteroatoms. The van der Waals surface area contributed by atoms with Gasteiger partial charge in [0.25, 0.3) is 0 Å². The maximum Gasteiger partial charge on any atom is 0.224 e. The molecule has 0 amide bonds. The van der Waals surface area contributed by atoms with Gasteiger partial charge in [0, 0.05) is 11.9 Å². The molecule has 0 aliphatic heterocycles. The summed E-state index contributed by atoms with van der Waals surface area (Å²) in [6.07, 6.45) is -0.335. The molecule has 1 aromatic rings. The Hall–Kier alpha value is -0.0500. The molecule has 0 spiro atoms. The van der Waals surface area contributed by atoms with Crippen LogP contribution in [0.5, 0.6) is 0 Å². The van der Waals surface area contributed by atoms with Crippen LogP contribution in [0.4, 0.5) is 5.69 Å².